The van der Waals surface area contributed by atoms with Gasteiger partial charge in [-0.05, 0) is 0 Å². The third-order valence-electron chi connectivity index (χ3n) is 1.55. The van der Waals surface area contributed by atoms with Crippen LogP contribution < -0.4 is 11.1 Å². The lowest BCUT2D eigenvalue weighted by molar-refractivity contribution is -0.141. The SMILES string of the molecule is NC(=O)NCc1nn(I)c(C(F)(F)F)c1Cl. The molecule has 1 aromatic rings. The summed E-state index contributed by atoms with van der Waals surface area (Å²) >= 11 is 6.84. The summed E-state index contributed by atoms with van der Waals surface area (Å²) in [7, 11) is 0. The van der Waals surface area contributed by atoms with Crippen molar-refractivity contribution >= 4 is 40.5 Å². The van der Waals surface area contributed by atoms with Crippen LogP contribution in [0, 0.1) is 0 Å². The fourth-order valence-electron chi connectivity index (χ4n) is 0.930. The third-order valence-corrected chi connectivity index (χ3v) is 2.65. The lowest BCUT2D eigenvalue weighted by atomic mass is 10.3. The van der Waals surface area contributed by atoms with Crippen molar-refractivity contribution in [3.63, 3.8) is 0 Å². The predicted molar refractivity (Wildman–Crippen MR) is 58.1 cm³/mol. The van der Waals surface area contributed by atoms with Gasteiger partial charge in [-0.15, -0.1) is 0 Å². The van der Waals surface area contributed by atoms with Crippen molar-refractivity contribution in [2.24, 2.45) is 5.73 Å². The Morgan fingerprint density at radius 3 is 2.56 bits per heavy atom. The van der Waals surface area contributed by atoms with Gasteiger partial charge >= 0.3 is 12.2 Å². The van der Waals surface area contributed by atoms with E-state index in [9.17, 15) is 18.0 Å². The van der Waals surface area contributed by atoms with Crippen LogP contribution in [0.15, 0.2) is 0 Å². The Kier molecular flexibility index (Phi) is 3.88. The number of urea groups is 1. The first kappa shape index (κ1) is 13.4. The van der Waals surface area contributed by atoms with Gasteiger partial charge in [0.05, 0.1) is 34.4 Å². The number of carbonyl (C=O) groups excluding carboxylic acids is 1. The van der Waals surface area contributed by atoms with E-state index in [1.165, 1.54) is 22.9 Å². The Labute approximate surface area is 107 Å². The molecule has 0 aliphatic carbocycles. The normalized spacial score (nSPS) is 11.6. The fraction of sp³-hybridized carbons (Fsp3) is 0.333. The number of halogens is 5. The molecule has 0 unspecified atom stereocenters. The largest absolute Gasteiger partial charge is 0.435 e. The molecule has 0 aliphatic heterocycles. The van der Waals surface area contributed by atoms with Gasteiger partial charge in [0, 0.05) is 0 Å². The summed E-state index contributed by atoms with van der Waals surface area (Å²) in [6.45, 7) is -0.257. The number of hydrogen-bond donors (Lipinski definition) is 2. The zero-order valence-electron chi connectivity index (χ0n) is 7.48. The van der Waals surface area contributed by atoms with Crippen LogP contribution in [-0.2, 0) is 12.7 Å². The smallest absolute Gasteiger partial charge is 0.352 e. The second-order valence-corrected chi connectivity index (χ2v) is 3.98. The van der Waals surface area contributed by atoms with Crippen molar-refractivity contribution in [3.8, 4) is 0 Å². The molecular formula is C6H5ClF3IN4O. The van der Waals surface area contributed by atoms with Crippen LogP contribution in [0.5, 0.6) is 0 Å². The number of nitrogens with two attached hydrogens (primary N) is 1. The molecule has 0 aliphatic rings. The summed E-state index contributed by atoms with van der Waals surface area (Å²) in [5.41, 5.74) is 3.60. The molecule has 90 valence electrons. The van der Waals surface area contributed by atoms with Gasteiger partial charge in [0.15, 0.2) is 5.69 Å². The molecule has 1 rings (SSSR count). The van der Waals surface area contributed by atoms with Gasteiger partial charge in [-0.25, -0.2) is 4.79 Å². The molecular weight excluding hydrogens is 363 g/mol. The Morgan fingerprint density at radius 1 is 1.62 bits per heavy atom. The van der Waals surface area contributed by atoms with E-state index in [2.05, 4.69) is 10.4 Å². The third kappa shape index (κ3) is 2.90. The quantitative estimate of drug-likeness (QED) is 0.783. The highest BCUT2D eigenvalue weighted by atomic mass is 127. The van der Waals surface area contributed by atoms with Crippen LogP contribution in [0.4, 0.5) is 18.0 Å². The van der Waals surface area contributed by atoms with Gasteiger partial charge in [0.2, 0.25) is 0 Å². The topological polar surface area (TPSA) is 72.9 Å². The van der Waals surface area contributed by atoms with Crippen LogP contribution in [0.2, 0.25) is 5.02 Å². The average Bonchev–Trinajstić information content (AvgIpc) is 2.36. The van der Waals surface area contributed by atoms with E-state index >= 15 is 0 Å². The van der Waals surface area contributed by atoms with E-state index in [1.54, 1.807) is 0 Å². The van der Waals surface area contributed by atoms with E-state index in [-0.39, 0.29) is 12.2 Å². The first-order valence-electron chi connectivity index (χ1n) is 3.77. The van der Waals surface area contributed by atoms with Crippen molar-refractivity contribution in [1.82, 2.24) is 13.3 Å². The number of nitrogens with zero attached hydrogens (tertiary/aromatic N) is 2. The van der Waals surface area contributed by atoms with Crippen LogP contribution in [0.1, 0.15) is 11.4 Å². The highest BCUT2D eigenvalue weighted by Crippen LogP contribution is 2.37. The number of aromatic nitrogens is 2. The molecule has 0 radical (unpaired) electrons. The standard InChI is InChI=1S/C6H5ClF3IN4O/c7-3-2(1-13-5(12)16)14-15(11)4(3)6(8,9)10/h1H2,(H3,12,13,16). The summed E-state index contributed by atoms with van der Waals surface area (Å²) in [4.78, 5) is 10.4. The second kappa shape index (κ2) is 4.65. The molecule has 16 heavy (non-hydrogen) atoms. The summed E-state index contributed by atoms with van der Waals surface area (Å²) in [5.74, 6) is 0. The Hall–Kier alpha value is -0.710. The van der Waals surface area contributed by atoms with E-state index in [1.807, 2.05) is 0 Å². The average molecular weight is 368 g/mol. The minimum atomic E-state index is -4.60. The molecule has 0 fully saturated rings. The summed E-state index contributed by atoms with van der Waals surface area (Å²) in [6.07, 6.45) is -4.60. The number of hydrogen-bond acceptors (Lipinski definition) is 2. The van der Waals surface area contributed by atoms with E-state index in [0.29, 0.717) is 2.90 Å². The molecule has 0 bridgehead atoms. The number of carbonyl (C=O) groups is 1. The molecule has 3 N–H and O–H groups in total. The van der Waals surface area contributed by atoms with Crippen LogP contribution in [-0.4, -0.2) is 14.0 Å². The number of alkyl halides is 3. The number of amides is 2. The first-order chi connectivity index (χ1) is 7.23. The highest BCUT2D eigenvalue weighted by Gasteiger charge is 2.39. The van der Waals surface area contributed by atoms with Gasteiger partial charge in [0.1, 0.15) is 5.69 Å². The van der Waals surface area contributed by atoms with Crippen LogP contribution in [0.25, 0.3) is 0 Å². The summed E-state index contributed by atoms with van der Waals surface area (Å²) < 4.78 is 38.0. The maximum Gasteiger partial charge on any atom is 0.435 e. The lowest BCUT2D eigenvalue weighted by Gasteiger charge is -2.05. The molecule has 0 saturated carbocycles. The van der Waals surface area contributed by atoms with Gasteiger partial charge in [-0.2, -0.15) is 21.2 Å². The van der Waals surface area contributed by atoms with E-state index in [4.69, 9.17) is 17.3 Å². The first-order valence-corrected chi connectivity index (χ1v) is 5.11. The van der Waals surface area contributed by atoms with Gasteiger partial charge in [-0.3, -0.25) is 0 Å². The zero-order chi connectivity index (χ0) is 12.5. The summed E-state index contributed by atoms with van der Waals surface area (Å²) in [5, 5.41) is 5.09. The molecule has 5 nitrogen and oxygen atoms in total. The maximum atomic E-state index is 12.5. The lowest BCUT2D eigenvalue weighted by Crippen LogP contribution is -2.28. The minimum Gasteiger partial charge on any atom is -0.352 e. The van der Waals surface area contributed by atoms with Gasteiger partial charge < -0.3 is 11.1 Å². The minimum absolute atomic E-state index is 0.0952. The van der Waals surface area contributed by atoms with Gasteiger partial charge in [-0.1, -0.05) is 11.6 Å². The number of nitrogens with one attached hydrogen (secondary N) is 1. The highest BCUT2D eigenvalue weighted by molar-refractivity contribution is 14.1. The molecule has 2 amide bonds. The molecule has 0 saturated heterocycles. The second-order valence-electron chi connectivity index (χ2n) is 2.68. The number of rotatable bonds is 2. The number of primary amides is 1. The predicted octanol–water partition coefficient (Wildman–Crippen LogP) is 1.92. The molecule has 0 atom stereocenters. The molecule has 10 heteroatoms. The summed E-state index contributed by atoms with van der Waals surface area (Å²) in [6, 6.07) is -0.868. The van der Waals surface area contributed by atoms with Crippen LogP contribution >= 0.6 is 34.5 Å². The molecule has 0 aromatic carbocycles. The Bertz CT molecular complexity index is 419. The van der Waals surface area contributed by atoms with Crippen molar-refractivity contribution in [2.75, 3.05) is 0 Å². The molecule has 0 spiro atoms. The van der Waals surface area contributed by atoms with Crippen molar-refractivity contribution < 1.29 is 18.0 Å². The Morgan fingerprint density at radius 2 is 2.19 bits per heavy atom. The fourth-order valence-corrected chi connectivity index (χ4v) is 2.14. The van der Waals surface area contributed by atoms with Crippen molar-refractivity contribution in [1.29, 1.82) is 0 Å². The maximum absolute atomic E-state index is 12.5. The van der Waals surface area contributed by atoms with E-state index in [0.717, 1.165) is 0 Å². The van der Waals surface area contributed by atoms with Crippen LogP contribution in [0.3, 0.4) is 0 Å². The molecule has 1 aromatic heterocycles. The Balaban J connectivity index is 3.02. The van der Waals surface area contributed by atoms with Gasteiger partial charge in [0.25, 0.3) is 0 Å². The molecule has 1 heterocycles. The zero-order valence-corrected chi connectivity index (χ0v) is 10.4. The monoisotopic (exact) mass is 368 g/mol. The van der Waals surface area contributed by atoms with E-state index < -0.39 is 22.9 Å². The van der Waals surface area contributed by atoms with Crippen molar-refractivity contribution in [2.45, 2.75) is 12.7 Å². The van der Waals surface area contributed by atoms with Crippen molar-refractivity contribution in [3.05, 3.63) is 16.4 Å².